The molecular weight excluding hydrogens is 339 g/mol. The van der Waals surface area contributed by atoms with Crippen molar-refractivity contribution in [3.8, 4) is 16.9 Å². The predicted octanol–water partition coefficient (Wildman–Crippen LogP) is 4.23. The number of rotatable bonds is 3. The van der Waals surface area contributed by atoms with Crippen molar-refractivity contribution in [3.05, 3.63) is 54.2 Å². The molecule has 0 bridgehead atoms. The van der Waals surface area contributed by atoms with Gasteiger partial charge in [0, 0.05) is 5.39 Å². The van der Waals surface area contributed by atoms with Crippen molar-refractivity contribution in [2.45, 2.75) is 6.36 Å². The van der Waals surface area contributed by atoms with E-state index in [4.69, 9.17) is 0 Å². The number of carbonyl (C=O) groups excluding carboxylic acids is 1. The lowest BCUT2D eigenvalue weighted by molar-refractivity contribution is -0.274. The number of fused-ring (bicyclic) bond motifs is 1. The lowest BCUT2D eigenvalue weighted by Gasteiger charge is -2.09. The SMILES string of the molecule is COC(=O)c1cc2ccc(-c3ccc(OC(F)(F)F)cc3)cc2n1O. The number of halogens is 3. The third-order valence-electron chi connectivity index (χ3n) is 3.59. The van der Waals surface area contributed by atoms with Crippen molar-refractivity contribution in [2.24, 2.45) is 0 Å². The molecule has 0 saturated heterocycles. The van der Waals surface area contributed by atoms with Gasteiger partial charge < -0.3 is 14.7 Å². The van der Waals surface area contributed by atoms with Crippen LogP contribution in [0.25, 0.3) is 22.0 Å². The molecular formula is C17H12F3NO4. The summed E-state index contributed by atoms with van der Waals surface area (Å²) in [4.78, 5) is 11.6. The van der Waals surface area contributed by atoms with Gasteiger partial charge in [-0.05, 0) is 35.4 Å². The molecule has 0 spiro atoms. The molecule has 0 aliphatic carbocycles. The van der Waals surface area contributed by atoms with Gasteiger partial charge >= 0.3 is 12.3 Å². The first-order chi connectivity index (χ1) is 11.8. The molecule has 1 aromatic heterocycles. The summed E-state index contributed by atoms with van der Waals surface area (Å²) in [6, 6.07) is 11.8. The Hall–Kier alpha value is -3.16. The fourth-order valence-electron chi connectivity index (χ4n) is 2.47. The number of aromatic nitrogens is 1. The van der Waals surface area contributed by atoms with Crippen LogP contribution in [-0.2, 0) is 4.74 Å². The first kappa shape index (κ1) is 16.7. The van der Waals surface area contributed by atoms with Crippen molar-refractivity contribution < 1.29 is 32.6 Å². The number of nitrogens with zero attached hydrogens (tertiary/aromatic N) is 1. The van der Waals surface area contributed by atoms with E-state index in [-0.39, 0.29) is 11.4 Å². The van der Waals surface area contributed by atoms with Gasteiger partial charge in [-0.3, -0.25) is 0 Å². The van der Waals surface area contributed by atoms with E-state index >= 15 is 0 Å². The van der Waals surface area contributed by atoms with E-state index in [1.54, 1.807) is 18.2 Å². The minimum absolute atomic E-state index is 0.0245. The Kier molecular flexibility index (Phi) is 4.03. The molecule has 1 heterocycles. The number of alkyl halides is 3. The van der Waals surface area contributed by atoms with E-state index in [0.29, 0.717) is 26.8 Å². The minimum Gasteiger partial charge on any atom is -0.464 e. The van der Waals surface area contributed by atoms with Crippen LogP contribution in [0.3, 0.4) is 0 Å². The molecule has 0 fully saturated rings. The lowest BCUT2D eigenvalue weighted by Crippen LogP contribution is -2.16. The first-order valence-electron chi connectivity index (χ1n) is 7.08. The number of esters is 1. The van der Waals surface area contributed by atoms with Crippen molar-refractivity contribution in [2.75, 3.05) is 7.11 Å². The van der Waals surface area contributed by atoms with Crippen molar-refractivity contribution in [1.82, 2.24) is 4.73 Å². The number of benzene rings is 2. The second-order valence-corrected chi connectivity index (χ2v) is 5.18. The monoisotopic (exact) mass is 351 g/mol. The molecule has 5 nitrogen and oxygen atoms in total. The van der Waals surface area contributed by atoms with Crippen molar-refractivity contribution >= 4 is 16.9 Å². The topological polar surface area (TPSA) is 60.7 Å². The highest BCUT2D eigenvalue weighted by Gasteiger charge is 2.31. The Morgan fingerprint density at radius 3 is 2.28 bits per heavy atom. The third kappa shape index (κ3) is 3.37. The van der Waals surface area contributed by atoms with E-state index in [1.807, 2.05) is 0 Å². The molecule has 1 N–H and O–H groups in total. The highest BCUT2D eigenvalue weighted by molar-refractivity contribution is 5.96. The van der Waals surface area contributed by atoms with Gasteiger partial charge in [0.2, 0.25) is 0 Å². The number of ether oxygens (including phenoxy) is 2. The van der Waals surface area contributed by atoms with Crippen LogP contribution >= 0.6 is 0 Å². The summed E-state index contributed by atoms with van der Waals surface area (Å²) < 4.78 is 45.7. The third-order valence-corrected chi connectivity index (χ3v) is 3.59. The van der Waals surface area contributed by atoms with E-state index in [9.17, 15) is 23.2 Å². The number of hydrogen-bond acceptors (Lipinski definition) is 4. The van der Waals surface area contributed by atoms with Gasteiger partial charge in [0.1, 0.15) is 5.75 Å². The molecule has 0 saturated carbocycles. The summed E-state index contributed by atoms with van der Waals surface area (Å²) >= 11 is 0. The van der Waals surface area contributed by atoms with Crippen LogP contribution in [-0.4, -0.2) is 29.4 Å². The average Bonchev–Trinajstić information content (AvgIpc) is 2.90. The zero-order valence-corrected chi connectivity index (χ0v) is 12.9. The van der Waals surface area contributed by atoms with Crippen molar-refractivity contribution in [1.29, 1.82) is 0 Å². The van der Waals surface area contributed by atoms with Crippen LogP contribution < -0.4 is 4.74 Å². The number of carbonyl (C=O) groups is 1. The van der Waals surface area contributed by atoms with Crippen LogP contribution in [0.1, 0.15) is 10.5 Å². The minimum atomic E-state index is -4.75. The Labute approximate surface area is 139 Å². The van der Waals surface area contributed by atoms with Gasteiger partial charge in [0.15, 0.2) is 5.69 Å². The van der Waals surface area contributed by atoms with Gasteiger partial charge in [-0.1, -0.05) is 24.3 Å². The maximum atomic E-state index is 12.2. The fraction of sp³-hybridized carbons (Fsp3) is 0.118. The summed E-state index contributed by atoms with van der Waals surface area (Å²) in [6.07, 6.45) is -4.75. The Morgan fingerprint density at radius 1 is 1.04 bits per heavy atom. The molecule has 3 rings (SSSR count). The zero-order valence-electron chi connectivity index (χ0n) is 12.9. The lowest BCUT2D eigenvalue weighted by atomic mass is 10.0. The summed E-state index contributed by atoms with van der Waals surface area (Å²) in [5.41, 5.74) is 1.62. The van der Waals surface area contributed by atoms with Crippen molar-refractivity contribution in [3.63, 3.8) is 0 Å². The number of methoxy groups -OCH3 is 1. The standard InChI is InChI=1S/C17H12F3NO4/c1-24-16(22)15-9-12-3-2-11(8-14(12)21(15)23)10-4-6-13(7-5-10)25-17(18,19)20/h2-9,23H,1H3. The normalized spacial score (nSPS) is 11.5. The molecule has 25 heavy (non-hydrogen) atoms. The molecule has 0 aliphatic heterocycles. The summed E-state index contributed by atoms with van der Waals surface area (Å²) in [5, 5.41) is 10.7. The highest BCUT2D eigenvalue weighted by atomic mass is 19.4. The molecule has 0 amide bonds. The number of hydrogen-bond donors (Lipinski definition) is 1. The van der Waals surface area contributed by atoms with E-state index in [1.165, 1.54) is 37.4 Å². The maximum absolute atomic E-state index is 12.2. The zero-order chi connectivity index (χ0) is 18.2. The molecule has 3 aromatic rings. The fourth-order valence-corrected chi connectivity index (χ4v) is 2.47. The largest absolute Gasteiger partial charge is 0.573 e. The Bertz CT molecular complexity index is 929. The van der Waals surface area contributed by atoms with E-state index in [2.05, 4.69) is 9.47 Å². The van der Waals surface area contributed by atoms with Gasteiger partial charge in [-0.2, -0.15) is 4.73 Å². The van der Waals surface area contributed by atoms with Crippen LogP contribution in [0.15, 0.2) is 48.5 Å². The van der Waals surface area contributed by atoms with Gasteiger partial charge in [-0.15, -0.1) is 13.2 Å². The quantitative estimate of drug-likeness (QED) is 0.567. The van der Waals surface area contributed by atoms with Crippen LogP contribution in [0, 0.1) is 0 Å². The molecule has 0 unspecified atom stereocenters. The summed E-state index contributed by atoms with van der Waals surface area (Å²) in [7, 11) is 1.20. The van der Waals surface area contributed by atoms with Gasteiger partial charge in [-0.25, -0.2) is 4.79 Å². The Balaban J connectivity index is 1.96. The first-order valence-corrected chi connectivity index (χ1v) is 7.08. The molecule has 2 aromatic carbocycles. The summed E-state index contributed by atoms with van der Waals surface area (Å²) in [6.45, 7) is 0. The van der Waals surface area contributed by atoms with Gasteiger partial charge in [0.25, 0.3) is 0 Å². The Morgan fingerprint density at radius 2 is 1.68 bits per heavy atom. The second kappa shape index (κ2) is 6.04. The molecule has 0 atom stereocenters. The molecule has 0 radical (unpaired) electrons. The molecule has 0 aliphatic rings. The van der Waals surface area contributed by atoms with E-state index in [0.717, 1.165) is 0 Å². The maximum Gasteiger partial charge on any atom is 0.573 e. The van der Waals surface area contributed by atoms with Gasteiger partial charge in [0.05, 0.1) is 12.6 Å². The van der Waals surface area contributed by atoms with Crippen LogP contribution in [0.5, 0.6) is 5.75 Å². The highest BCUT2D eigenvalue weighted by Crippen LogP contribution is 2.29. The smallest absolute Gasteiger partial charge is 0.464 e. The molecule has 130 valence electrons. The molecule has 8 heteroatoms. The van der Waals surface area contributed by atoms with E-state index < -0.39 is 12.3 Å². The second-order valence-electron chi connectivity index (χ2n) is 5.18. The van der Waals surface area contributed by atoms with Crippen LogP contribution in [0.4, 0.5) is 13.2 Å². The summed E-state index contributed by atoms with van der Waals surface area (Å²) in [5.74, 6) is -1.01. The predicted molar refractivity (Wildman–Crippen MR) is 82.6 cm³/mol. The average molecular weight is 351 g/mol. The van der Waals surface area contributed by atoms with Crippen LogP contribution in [0.2, 0.25) is 0 Å².